The summed E-state index contributed by atoms with van der Waals surface area (Å²) < 4.78 is 13.2. The van der Waals surface area contributed by atoms with Crippen LogP contribution in [0.15, 0.2) is 53.5 Å². The molecule has 3 rings (SSSR count). The van der Waals surface area contributed by atoms with E-state index in [-0.39, 0.29) is 23.3 Å². The van der Waals surface area contributed by atoms with E-state index in [9.17, 15) is 14.0 Å². The van der Waals surface area contributed by atoms with E-state index < -0.39 is 11.1 Å². The monoisotopic (exact) mass is 405 g/mol. The molecule has 1 aliphatic heterocycles. The summed E-state index contributed by atoms with van der Waals surface area (Å²) in [6.07, 6.45) is 0.764. The average molecular weight is 406 g/mol. The fraction of sp³-hybridized carbons (Fsp3) is 0.211. The van der Waals surface area contributed by atoms with Gasteiger partial charge in [0, 0.05) is 18.7 Å². The summed E-state index contributed by atoms with van der Waals surface area (Å²) in [6, 6.07) is 13.9. The minimum Gasteiger partial charge on any atom is -0.326 e. The van der Waals surface area contributed by atoms with Crippen molar-refractivity contribution in [1.82, 2.24) is 5.32 Å². The fourth-order valence-corrected chi connectivity index (χ4v) is 3.68. The van der Waals surface area contributed by atoms with E-state index >= 15 is 0 Å². The number of aliphatic imine (C=N–C) groups is 1. The number of carbonyl (C=O) groups is 2. The molecule has 5 nitrogen and oxygen atoms in total. The molecule has 0 saturated carbocycles. The largest absolute Gasteiger partial charge is 0.326 e. The third-order valence-corrected chi connectivity index (χ3v) is 5.26. The molecule has 1 atom stereocenters. The lowest BCUT2D eigenvalue weighted by Crippen LogP contribution is -2.28. The Hall–Kier alpha value is -2.38. The molecule has 140 valence electrons. The topological polar surface area (TPSA) is 70.6 Å². The molecule has 2 aromatic rings. The van der Waals surface area contributed by atoms with Crippen LogP contribution in [0.3, 0.4) is 0 Å². The molecule has 1 aliphatic rings. The highest BCUT2D eigenvalue weighted by Gasteiger charge is 2.31. The molecule has 2 amide bonds. The third-order valence-electron chi connectivity index (χ3n) is 3.85. The molecule has 0 radical (unpaired) electrons. The zero-order chi connectivity index (χ0) is 19.2. The number of amides is 2. The molecular weight excluding hydrogens is 389 g/mol. The SMILES string of the molecule is O=C(C[C@H]1SC(=NCCc2ccccc2)NC1=O)Nc1ccc(F)c(Cl)c1. The van der Waals surface area contributed by atoms with E-state index in [4.69, 9.17) is 11.6 Å². The summed E-state index contributed by atoms with van der Waals surface area (Å²) in [5, 5.41) is 5.22. The molecule has 1 fully saturated rings. The quantitative estimate of drug-likeness (QED) is 0.770. The minimum absolute atomic E-state index is 0.0107. The zero-order valence-corrected chi connectivity index (χ0v) is 15.8. The normalized spacial score (nSPS) is 17.8. The van der Waals surface area contributed by atoms with Gasteiger partial charge in [0.2, 0.25) is 11.8 Å². The van der Waals surface area contributed by atoms with E-state index in [1.54, 1.807) is 0 Å². The first-order valence-electron chi connectivity index (χ1n) is 8.32. The number of halogens is 2. The van der Waals surface area contributed by atoms with Crippen LogP contribution < -0.4 is 10.6 Å². The lowest BCUT2D eigenvalue weighted by atomic mass is 10.2. The van der Waals surface area contributed by atoms with Gasteiger partial charge in [-0.15, -0.1) is 0 Å². The van der Waals surface area contributed by atoms with Crippen LogP contribution in [0.25, 0.3) is 0 Å². The standard InChI is InChI=1S/C19H17ClFN3O2S/c20-14-10-13(6-7-15(14)21)23-17(25)11-16-18(26)24-19(27-16)22-9-8-12-4-2-1-3-5-12/h1-7,10,16H,8-9,11H2,(H,23,25)(H,22,24,26)/t16-/m1/s1. The third kappa shape index (κ3) is 5.55. The molecule has 0 aromatic heterocycles. The molecular formula is C19H17ClFN3O2S. The number of rotatable bonds is 6. The lowest BCUT2D eigenvalue weighted by molar-refractivity contribution is -0.122. The van der Waals surface area contributed by atoms with Crippen molar-refractivity contribution in [3.63, 3.8) is 0 Å². The second kappa shape index (κ2) is 9.01. The zero-order valence-electron chi connectivity index (χ0n) is 14.2. The van der Waals surface area contributed by atoms with Crippen LogP contribution in [0.2, 0.25) is 5.02 Å². The van der Waals surface area contributed by atoms with Gasteiger partial charge in [-0.1, -0.05) is 53.7 Å². The molecule has 1 heterocycles. The maximum Gasteiger partial charge on any atom is 0.240 e. The predicted molar refractivity (Wildman–Crippen MR) is 107 cm³/mol. The molecule has 0 spiro atoms. The summed E-state index contributed by atoms with van der Waals surface area (Å²) in [4.78, 5) is 28.6. The number of carbonyl (C=O) groups excluding carboxylic acids is 2. The van der Waals surface area contributed by atoms with Crippen LogP contribution in [-0.4, -0.2) is 28.8 Å². The van der Waals surface area contributed by atoms with Crippen molar-refractivity contribution in [2.24, 2.45) is 4.99 Å². The van der Waals surface area contributed by atoms with Crippen molar-refractivity contribution >= 4 is 46.0 Å². The average Bonchev–Trinajstić information content (AvgIpc) is 2.98. The summed E-state index contributed by atoms with van der Waals surface area (Å²) in [6.45, 7) is 0.555. The Morgan fingerprint density at radius 1 is 1.26 bits per heavy atom. The van der Waals surface area contributed by atoms with Crippen molar-refractivity contribution in [3.05, 3.63) is 64.9 Å². The van der Waals surface area contributed by atoms with Crippen molar-refractivity contribution in [2.45, 2.75) is 18.1 Å². The summed E-state index contributed by atoms with van der Waals surface area (Å²) in [5.41, 5.74) is 1.55. The molecule has 8 heteroatoms. The van der Waals surface area contributed by atoms with E-state index in [1.807, 2.05) is 30.3 Å². The predicted octanol–water partition coefficient (Wildman–Crippen LogP) is 3.64. The molecule has 1 saturated heterocycles. The highest BCUT2D eigenvalue weighted by molar-refractivity contribution is 8.15. The highest BCUT2D eigenvalue weighted by atomic mass is 35.5. The maximum absolute atomic E-state index is 13.2. The van der Waals surface area contributed by atoms with E-state index in [1.165, 1.54) is 35.5 Å². The van der Waals surface area contributed by atoms with Gasteiger partial charge in [-0.3, -0.25) is 14.6 Å². The van der Waals surface area contributed by atoms with Gasteiger partial charge in [-0.2, -0.15) is 0 Å². The Kier molecular flexibility index (Phi) is 6.47. The van der Waals surface area contributed by atoms with Crippen LogP contribution in [0.5, 0.6) is 0 Å². The van der Waals surface area contributed by atoms with Gasteiger partial charge in [0.05, 0.1) is 5.02 Å². The highest BCUT2D eigenvalue weighted by Crippen LogP contribution is 2.24. The molecule has 0 aliphatic carbocycles. The smallest absolute Gasteiger partial charge is 0.240 e. The molecule has 27 heavy (non-hydrogen) atoms. The Morgan fingerprint density at radius 2 is 2.04 bits per heavy atom. The van der Waals surface area contributed by atoms with Gasteiger partial charge in [-0.05, 0) is 30.2 Å². The minimum atomic E-state index is -0.559. The van der Waals surface area contributed by atoms with Gasteiger partial charge in [0.15, 0.2) is 5.17 Å². The number of nitrogens with zero attached hydrogens (tertiary/aromatic N) is 1. The molecule has 0 unspecified atom stereocenters. The van der Waals surface area contributed by atoms with Crippen molar-refractivity contribution in [3.8, 4) is 0 Å². The van der Waals surface area contributed by atoms with Gasteiger partial charge >= 0.3 is 0 Å². The number of thioether (sulfide) groups is 1. The van der Waals surface area contributed by atoms with Gasteiger partial charge < -0.3 is 10.6 Å². The van der Waals surface area contributed by atoms with E-state index in [0.717, 1.165) is 6.42 Å². The summed E-state index contributed by atoms with van der Waals surface area (Å²) in [5.74, 6) is -1.15. The maximum atomic E-state index is 13.2. The van der Waals surface area contributed by atoms with E-state index in [2.05, 4.69) is 15.6 Å². The first-order chi connectivity index (χ1) is 13.0. The van der Waals surface area contributed by atoms with Crippen LogP contribution in [0.4, 0.5) is 10.1 Å². The molecule has 2 aromatic carbocycles. The Bertz CT molecular complexity index is 877. The molecule has 0 bridgehead atoms. The second-order valence-electron chi connectivity index (χ2n) is 5.90. The first-order valence-corrected chi connectivity index (χ1v) is 9.58. The van der Waals surface area contributed by atoms with Gasteiger partial charge in [0.1, 0.15) is 11.1 Å². The Labute approximate surface area is 165 Å². The van der Waals surface area contributed by atoms with Crippen LogP contribution in [0, 0.1) is 5.82 Å². The lowest BCUT2D eigenvalue weighted by Gasteiger charge is -2.08. The molecule has 2 N–H and O–H groups in total. The summed E-state index contributed by atoms with van der Waals surface area (Å²) in [7, 11) is 0. The second-order valence-corrected chi connectivity index (χ2v) is 7.50. The number of hydrogen-bond donors (Lipinski definition) is 2. The number of hydrogen-bond acceptors (Lipinski definition) is 4. The van der Waals surface area contributed by atoms with Crippen LogP contribution >= 0.6 is 23.4 Å². The fourth-order valence-electron chi connectivity index (χ4n) is 2.50. The Balaban J connectivity index is 1.50. The van der Waals surface area contributed by atoms with Gasteiger partial charge in [-0.25, -0.2) is 4.39 Å². The number of amidine groups is 1. The summed E-state index contributed by atoms with van der Waals surface area (Å²) >= 11 is 6.93. The Morgan fingerprint density at radius 3 is 2.78 bits per heavy atom. The van der Waals surface area contributed by atoms with Crippen molar-refractivity contribution in [1.29, 1.82) is 0 Å². The van der Waals surface area contributed by atoms with Crippen molar-refractivity contribution in [2.75, 3.05) is 11.9 Å². The first kappa shape index (κ1) is 19.4. The van der Waals surface area contributed by atoms with Gasteiger partial charge in [0.25, 0.3) is 0 Å². The number of nitrogens with one attached hydrogen (secondary N) is 2. The van der Waals surface area contributed by atoms with Crippen LogP contribution in [-0.2, 0) is 16.0 Å². The van der Waals surface area contributed by atoms with Crippen LogP contribution in [0.1, 0.15) is 12.0 Å². The number of benzene rings is 2. The number of anilines is 1. The van der Waals surface area contributed by atoms with Crippen molar-refractivity contribution < 1.29 is 14.0 Å². The van der Waals surface area contributed by atoms with E-state index in [0.29, 0.717) is 17.4 Å².